The van der Waals surface area contributed by atoms with Crippen molar-refractivity contribution in [1.29, 1.82) is 0 Å². The second kappa shape index (κ2) is 6.49. The lowest BCUT2D eigenvalue weighted by atomic mass is 10.1. The van der Waals surface area contributed by atoms with Crippen LogP contribution in [0, 0.1) is 5.82 Å². The molecule has 18 heavy (non-hydrogen) atoms. The van der Waals surface area contributed by atoms with Crippen LogP contribution in [0.25, 0.3) is 0 Å². The molecule has 1 aliphatic rings. The van der Waals surface area contributed by atoms with E-state index in [2.05, 4.69) is 20.6 Å². The Bertz CT molecular complexity index is 382. The first-order chi connectivity index (χ1) is 8.79. The second-order valence-electron chi connectivity index (χ2n) is 4.34. The smallest absolute Gasteiger partial charge is 0.224 e. The van der Waals surface area contributed by atoms with Crippen molar-refractivity contribution >= 4 is 11.8 Å². The summed E-state index contributed by atoms with van der Waals surface area (Å²) in [6, 6.07) is 0. The van der Waals surface area contributed by atoms with Gasteiger partial charge in [-0.2, -0.15) is 4.98 Å². The summed E-state index contributed by atoms with van der Waals surface area (Å²) in [7, 11) is 1.70. The molecule has 0 bridgehead atoms. The summed E-state index contributed by atoms with van der Waals surface area (Å²) in [6.45, 7) is 1.50. The van der Waals surface area contributed by atoms with Crippen LogP contribution in [0.2, 0.25) is 0 Å². The van der Waals surface area contributed by atoms with E-state index >= 15 is 0 Å². The highest BCUT2D eigenvalue weighted by Gasteiger charge is 2.13. The number of aromatic nitrogens is 2. The Kier molecular flexibility index (Phi) is 4.69. The Labute approximate surface area is 106 Å². The number of hydrogen-bond acceptors (Lipinski definition) is 5. The minimum atomic E-state index is -0.432. The summed E-state index contributed by atoms with van der Waals surface area (Å²) in [5.41, 5.74) is 0. The zero-order valence-corrected chi connectivity index (χ0v) is 10.6. The van der Waals surface area contributed by atoms with E-state index in [1.54, 1.807) is 7.05 Å². The standard InChI is InChI=1S/C12H19FN4O/c1-14-12-16-8-10(13)11(17-12)15-6-5-9-4-2-3-7-18-9/h8-9H,2-7H2,1H3,(H2,14,15,16,17). The van der Waals surface area contributed by atoms with Crippen LogP contribution in [0.3, 0.4) is 0 Å². The van der Waals surface area contributed by atoms with E-state index in [9.17, 15) is 4.39 Å². The topological polar surface area (TPSA) is 59.1 Å². The maximum absolute atomic E-state index is 13.4. The number of ether oxygens (including phenoxy) is 1. The van der Waals surface area contributed by atoms with E-state index in [1.807, 2.05) is 0 Å². The number of halogens is 1. The maximum Gasteiger partial charge on any atom is 0.224 e. The Morgan fingerprint density at radius 1 is 1.50 bits per heavy atom. The summed E-state index contributed by atoms with van der Waals surface area (Å²) in [5.74, 6) is 0.219. The molecule has 100 valence electrons. The van der Waals surface area contributed by atoms with Gasteiger partial charge in [-0.25, -0.2) is 9.37 Å². The molecule has 2 heterocycles. The van der Waals surface area contributed by atoms with Crippen LogP contribution >= 0.6 is 0 Å². The van der Waals surface area contributed by atoms with Crippen molar-refractivity contribution in [1.82, 2.24) is 9.97 Å². The van der Waals surface area contributed by atoms with Crippen LogP contribution < -0.4 is 10.6 Å². The number of nitrogens with one attached hydrogen (secondary N) is 2. The Morgan fingerprint density at radius 2 is 2.39 bits per heavy atom. The summed E-state index contributed by atoms with van der Waals surface area (Å²) in [5, 5.41) is 5.77. The van der Waals surface area contributed by atoms with Gasteiger partial charge in [0.05, 0.1) is 12.3 Å². The predicted molar refractivity (Wildman–Crippen MR) is 68.2 cm³/mol. The number of anilines is 2. The van der Waals surface area contributed by atoms with Crippen molar-refractivity contribution < 1.29 is 9.13 Å². The Morgan fingerprint density at radius 3 is 3.11 bits per heavy atom. The van der Waals surface area contributed by atoms with Crippen molar-refractivity contribution in [2.24, 2.45) is 0 Å². The first kappa shape index (κ1) is 13.0. The molecule has 1 aliphatic heterocycles. The Hall–Kier alpha value is -1.43. The van der Waals surface area contributed by atoms with Crippen LogP contribution in [0.15, 0.2) is 6.20 Å². The predicted octanol–water partition coefficient (Wildman–Crippen LogP) is 2.03. The van der Waals surface area contributed by atoms with Crippen LogP contribution in [0.1, 0.15) is 25.7 Å². The third-order valence-electron chi connectivity index (χ3n) is 3.00. The molecule has 5 nitrogen and oxygen atoms in total. The second-order valence-corrected chi connectivity index (χ2v) is 4.34. The highest BCUT2D eigenvalue weighted by atomic mass is 19.1. The molecule has 0 aliphatic carbocycles. The molecule has 1 saturated heterocycles. The van der Waals surface area contributed by atoms with Crippen molar-refractivity contribution in [2.75, 3.05) is 30.8 Å². The molecule has 0 radical (unpaired) electrons. The minimum Gasteiger partial charge on any atom is -0.378 e. The molecule has 1 aromatic rings. The first-order valence-electron chi connectivity index (χ1n) is 6.35. The van der Waals surface area contributed by atoms with Gasteiger partial charge in [-0.1, -0.05) is 0 Å². The molecule has 1 unspecified atom stereocenters. The average Bonchev–Trinajstić information content (AvgIpc) is 2.42. The van der Waals surface area contributed by atoms with Crippen LogP contribution in [-0.4, -0.2) is 36.3 Å². The molecule has 0 saturated carbocycles. The van der Waals surface area contributed by atoms with Crippen LogP contribution in [0.5, 0.6) is 0 Å². The minimum absolute atomic E-state index is 0.241. The van der Waals surface area contributed by atoms with Crippen molar-refractivity contribution in [3.8, 4) is 0 Å². The van der Waals surface area contributed by atoms with Gasteiger partial charge in [-0.3, -0.25) is 0 Å². The van der Waals surface area contributed by atoms with Crippen LogP contribution in [0.4, 0.5) is 16.2 Å². The molecule has 1 atom stereocenters. The highest BCUT2D eigenvalue weighted by Crippen LogP contribution is 2.16. The first-order valence-corrected chi connectivity index (χ1v) is 6.35. The third-order valence-corrected chi connectivity index (χ3v) is 3.00. The largest absolute Gasteiger partial charge is 0.378 e. The van der Waals surface area contributed by atoms with Gasteiger partial charge in [0.25, 0.3) is 0 Å². The number of nitrogens with zero attached hydrogens (tertiary/aromatic N) is 2. The summed E-state index contributed by atoms with van der Waals surface area (Å²) in [4.78, 5) is 7.82. The number of hydrogen-bond donors (Lipinski definition) is 2. The van der Waals surface area contributed by atoms with Gasteiger partial charge in [-0.05, 0) is 25.7 Å². The molecular formula is C12H19FN4O. The molecule has 0 aromatic carbocycles. The fourth-order valence-electron chi connectivity index (χ4n) is 2.00. The molecule has 6 heteroatoms. The summed E-state index contributed by atoms with van der Waals surface area (Å²) < 4.78 is 19.0. The van der Waals surface area contributed by atoms with Gasteiger partial charge in [-0.15, -0.1) is 0 Å². The Balaban J connectivity index is 1.81. The van der Waals surface area contributed by atoms with E-state index in [0.29, 0.717) is 18.6 Å². The van der Waals surface area contributed by atoms with Gasteiger partial charge in [0, 0.05) is 20.2 Å². The van der Waals surface area contributed by atoms with Gasteiger partial charge >= 0.3 is 0 Å². The van der Waals surface area contributed by atoms with Gasteiger partial charge < -0.3 is 15.4 Å². The van der Waals surface area contributed by atoms with E-state index in [4.69, 9.17) is 4.74 Å². The molecular weight excluding hydrogens is 235 g/mol. The lowest BCUT2D eigenvalue weighted by Crippen LogP contribution is -2.22. The normalized spacial score (nSPS) is 19.6. The fraction of sp³-hybridized carbons (Fsp3) is 0.667. The van der Waals surface area contributed by atoms with E-state index in [0.717, 1.165) is 32.1 Å². The van der Waals surface area contributed by atoms with E-state index in [-0.39, 0.29) is 5.82 Å². The number of rotatable bonds is 5. The lowest BCUT2D eigenvalue weighted by Gasteiger charge is -2.22. The van der Waals surface area contributed by atoms with E-state index < -0.39 is 5.82 Å². The van der Waals surface area contributed by atoms with Crippen LogP contribution in [-0.2, 0) is 4.74 Å². The van der Waals surface area contributed by atoms with Crippen molar-refractivity contribution in [3.63, 3.8) is 0 Å². The maximum atomic E-state index is 13.4. The highest BCUT2D eigenvalue weighted by molar-refractivity contribution is 5.40. The monoisotopic (exact) mass is 254 g/mol. The average molecular weight is 254 g/mol. The molecule has 1 aromatic heterocycles. The lowest BCUT2D eigenvalue weighted by molar-refractivity contribution is 0.0134. The summed E-state index contributed by atoms with van der Waals surface area (Å²) in [6.07, 6.45) is 5.79. The summed E-state index contributed by atoms with van der Waals surface area (Å²) >= 11 is 0. The van der Waals surface area contributed by atoms with Gasteiger partial charge in [0.1, 0.15) is 0 Å². The van der Waals surface area contributed by atoms with Crippen molar-refractivity contribution in [2.45, 2.75) is 31.8 Å². The SMILES string of the molecule is CNc1ncc(F)c(NCCC2CCCCO2)n1. The quantitative estimate of drug-likeness (QED) is 0.842. The zero-order chi connectivity index (χ0) is 12.8. The van der Waals surface area contributed by atoms with E-state index in [1.165, 1.54) is 6.42 Å². The fourth-order valence-corrected chi connectivity index (χ4v) is 2.00. The molecule has 2 N–H and O–H groups in total. The molecule has 0 spiro atoms. The zero-order valence-electron chi connectivity index (χ0n) is 10.6. The van der Waals surface area contributed by atoms with Gasteiger partial charge in [0.15, 0.2) is 11.6 Å². The molecule has 2 rings (SSSR count). The van der Waals surface area contributed by atoms with Crippen molar-refractivity contribution in [3.05, 3.63) is 12.0 Å². The third kappa shape index (κ3) is 3.53. The van der Waals surface area contributed by atoms with Gasteiger partial charge in [0.2, 0.25) is 5.95 Å². The molecule has 1 fully saturated rings. The molecule has 0 amide bonds.